The Labute approximate surface area is 254 Å². The second-order valence-corrected chi connectivity index (χ2v) is 9.95. The Hall–Kier alpha value is -2.75. The number of nitrogens with zero attached hydrogens (tertiary/aromatic N) is 1. The first-order chi connectivity index (χ1) is 20.2. The van der Waals surface area contributed by atoms with Crippen LogP contribution >= 0.6 is 15.9 Å². The number of halogens is 7. The van der Waals surface area contributed by atoms with Gasteiger partial charge in [0.1, 0.15) is 11.5 Å². The molecule has 1 saturated heterocycles. The molecule has 246 valence electrons. The number of carbonyl (C=O) groups excluding carboxylic acids is 3. The van der Waals surface area contributed by atoms with Crippen molar-refractivity contribution in [3.05, 3.63) is 23.8 Å². The van der Waals surface area contributed by atoms with Gasteiger partial charge in [-0.25, -0.2) is 0 Å². The Morgan fingerprint density at radius 3 is 2.12 bits per heavy atom. The molecule has 0 aromatic heterocycles. The van der Waals surface area contributed by atoms with E-state index in [1.807, 2.05) is 4.90 Å². The van der Waals surface area contributed by atoms with E-state index in [9.17, 15) is 40.7 Å². The summed E-state index contributed by atoms with van der Waals surface area (Å²) < 4.78 is 94.0. The molecule has 0 spiro atoms. The van der Waals surface area contributed by atoms with Gasteiger partial charge in [-0.3, -0.25) is 19.3 Å². The molecule has 1 atom stereocenters. The van der Waals surface area contributed by atoms with E-state index >= 15 is 0 Å². The molecule has 2 rings (SSSR count). The molecule has 9 nitrogen and oxygen atoms in total. The van der Waals surface area contributed by atoms with Crippen LogP contribution in [0, 0.1) is 0 Å². The number of hydrogen-bond acceptors (Lipinski definition) is 8. The van der Waals surface area contributed by atoms with Gasteiger partial charge in [0.05, 0.1) is 31.6 Å². The summed E-state index contributed by atoms with van der Waals surface area (Å²) >= 11 is 3.12. The third kappa shape index (κ3) is 17.2. The van der Waals surface area contributed by atoms with E-state index in [1.54, 1.807) is 13.8 Å². The SMILES string of the molecule is CCOC(=O)CCBr.CCOC(=O)CCN1CCCCC1CNC(=O)c1cc(OCC(F)(F)F)ccc1OCC(F)(F)F. The summed E-state index contributed by atoms with van der Waals surface area (Å²) in [6.07, 6.45) is -6.17. The number of likely N-dealkylation sites (tertiary alicyclic amines) is 1. The van der Waals surface area contributed by atoms with Gasteiger partial charge in [0.2, 0.25) is 0 Å². The summed E-state index contributed by atoms with van der Waals surface area (Å²) in [5.41, 5.74) is -0.386. The predicted octanol–water partition coefficient (Wildman–Crippen LogP) is 5.44. The maximum Gasteiger partial charge on any atom is 0.422 e. The maximum atomic E-state index is 12.8. The van der Waals surface area contributed by atoms with Crippen molar-refractivity contribution in [1.29, 1.82) is 0 Å². The molecule has 1 aromatic carbocycles. The second kappa shape index (κ2) is 19.5. The zero-order valence-corrected chi connectivity index (χ0v) is 25.5. The number of alkyl halides is 7. The van der Waals surface area contributed by atoms with Crippen LogP contribution in [0.15, 0.2) is 18.2 Å². The van der Waals surface area contributed by atoms with Crippen LogP contribution in [0.5, 0.6) is 11.5 Å². The highest BCUT2D eigenvalue weighted by Gasteiger charge is 2.31. The molecule has 0 bridgehead atoms. The normalized spacial score (nSPS) is 15.5. The Kier molecular flexibility index (Phi) is 17.4. The minimum atomic E-state index is -4.68. The molecule has 1 unspecified atom stereocenters. The molecule has 1 aromatic rings. The van der Waals surface area contributed by atoms with Gasteiger partial charge < -0.3 is 24.3 Å². The van der Waals surface area contributed by atoms with Crippen molar-refractivity contribution in [1.82, 2.24) is 10.2 Å². The fourth-order valence-corrected chi connectivity index (χ4v) is 4.22. The van der Waals surface area contributed by atoms with Crippen molar-refractivity contribution in [3.63, 3.8) is 0 Å². The molecule has 1 amide bonds. The first-order valence-corrected chi connectivity index (χ1v) is 14.7. The summed E-state index contributed by atoms with van der Waals surface area (Å²) in [4.78, 5) is 36.9. The molecule has 43 heavy (non-hydrogen) atoms. The van der Waals surface area contributed by atoms with Crippen LogP contribution in [0.3, 0.4) is 0 Å². The molecule has 1 fully saturated rings. The standard InChI is InChI=1S/C22H28F6N2O5.C5H9BrO2/c1-2-33-19(31)8-10-30-9-4-3-5-15(30)12-29-20(32)17-11-16(34-13-21(23,24)25)6-7-18(17)35-14-22(26,27)28;1-2-8-5(7)3-4-6/h6-7,11,15H,2-5,8-10,12-14H2,1H3,(H,29,32);2-4H2,1H3. The first-order valence-electron chi connectivity index (χ1n) is 13.6. The average molecular weight is 695 g/mol. The molecule has 0 radical (unpaired) electrons. The minimum Gasteiger partial charge on any atom is -0.484 e. The maximum absolute atomic E-state index is 12.8. The monoisotopic (exact) mass is 694 g/mol. The van der Waals surface area contributed by atoms with Crippen molar-refractivity contribution < 1.29 is 59.7 Å². The van der Waals surface area contributed by atoms with Crippen LogP contribution in [-0.2, 0) is 19.1 Å². The predicted molar refractivity (Wildman–Crippen MR) is 147 cm³/mol. The largest absolute Gasteiger partial charge is 0.484 e. The van der Waals surface area contributed by atoms with Crippen molar-refractivity contribution in [2.45, 2.75) is 64.3 Å². The number of ether oxygens (including phenoxy) is 4. The van der Waals surface area contributed by atoms with Crippen LogP contribution < -0.4 is 14.8 Å². The minimum absolute atomic E-state index is 0.119. The summed E-state index contributed by atoms with van der Waals surface area (Å²) in [6.45, 7) is 2.16. The van der Waals surface area contributed by atoms with Gasteiger partial charge in [-0.2, -0.15) is 26.3 Å². The molecule has 1 aliphatic heterocycles. The average Bonchev–Trinajstić information content (AvgIpc) is 2.93. The molecule has 0 aliphatic carbocycles. The van der Waals surface area contributed by atoms with Gasteiger partial charge in [0.15, 0.2) is 13.2 Å². The quantitative estimate of drug-likeness (QED) is 0.156. The summed E-state index contributed by atoms with van der Waals surface area (Å²) in [6, 6.07) is 2.73. The van der Waals surface area contributed by atoms with Crippen LogP contribution in [0.2, 0.25) is 0 Å². The fraction of sp³-hybridized carbons (Fsp3) is 0.667. The Morgan fingerprint density at radius 2 is 1.53 bits per heavy atom. The van der Waals surface area contributed by atoms with E-state index in [0.29, 0.717) is 31.4 Å². The van der Waals surface area contributed by atoms with E-state index in [1.165, 1.54) is 0 Å². The van der Waals surface area contributed by atoms with Gasteiger partial charge in [-0.05, 0) is 51.4 Å². The Bertz CT molecular complexity index is 1000. The number of benzene rings is 1. The van der Waals surface area contributed by atoms with Gasteiger partial charge in [-0.1, -0.05) is 22.4 Å². The first kappa shape index (κ1) is 38.3. The lowest BCUT2D eigenvalue weighted by Gasteiger charge is -2.35. The van der Waals surface area contributed by atoms with E-state index in [2.05, 4.69) is 30.7 Å². The lowest BCUT2D eigenvalue weighted by atomic mass is 10.0. The fourth-order valence-electron chi connectivity index (χ4n) is 3.90. The molecular weight excluding hydrogens is 658 g/mol. The van der Waals surface area contributed by atoms with Crippen LogP contribution in [0.25, 0.3) is 0 Å². The van der Waals surface area contributed by atoms with Crippen molar-refractivity contribution in [3.8, 4) is 11.5 Å². The molecular formula is C27H37BrF6N2O7. The van der Waals surface area contributed by atoms with E-state index in [4.69, 9.17) is 9.47 Å². The third-order valence-electron chi connectivity index (χ3n) is 5.75. The van der Waals surface area contributed by atoms with Crippen molar-refractivity contribution in [2.24, 2.45) is 0 Å². The number of carbonyl (C=O) groups is 3. The lowest BCUT2D eigenvalue weighted by Crippen LogP contribution is -2.47. The third-order valence-corrected chi connectivity index (χ3v) is 6.15. The number of hydrogen-bond donors (Lipinski definition) is 1. The molecule has 1 aliphatic rings. The van der Waals surface area contributed by atoms with Gasteiger partial charge >= 0.3 is 24.3 Å². The van der Waals surface area contributed by atoms with Crippen molar-refractivity contribution in [2.75, 3.05) is 51.4 Å². The Balaban J connectivity index is 0.00000101. The summed E-state index contributed by atoms with van der Waals surface area (Å²) in [5, 5.41) is 3.30. The van der Waals surface area contributed by atoms with Gasteiger partial charge in [0, 0.05) is 24.5 Å². The van der Waals surface area contributed by atoms with E-state index < -0.39 is 37.2 Å². The molecule has 1 heterocycles. The number of amides is 1. The van der Waals surface area contributed by atoms with Gasteiger partial charge in [-0.15, -0.1) is 0 Å². The van der Waals surface area contributed by atoms with E-state index in [-0.39, 0.29) is 48.9 Å². The molecule has 16 heteroatoms. The molecule has 0 saturated carbocycles. The summed E-state index contributed by atoms with van der Waals surface area (Å²) in [7, 11) is 0. The van der Waals surface area contributed by atoms with E-state index in [0.717, 1.165) is 37.5 Å². The summed E-state index contributed by atoms with van der Waals surface area (Å²) in [5.74, 6) is -2.09. The van der Waals surface area contributed by atoms with Crippen molar-refractivity contribution >= 4 is 33.8 Å². The smallest absolute Gasteiger partial charge is 0.422 e. The number of nitrogens with one attached hydrogen (secondary N) is 1. The topological polar surface area (TPSA) is 103 Å². The molecule has 1 N–H and O–H groups in total. The lowest BCUT2D eigenvalue weighted by molar-refractivity contribution is -0.154. The Morgan fingerprint density at radius 1 is 0.930 bits per heavy atom. The van der Waals surface area contributed by atoms with Gasteiger partial charge in [0.25, 0.3) is 5.91 Å². The number of rotatable bonds is 14. The van der Waals surface area contributed by atoms with Crippen LogP contribution in [0.4, 0.5) is 26.3 Å². The second-order valence-electron chi connectivity index (χ2n) is 9.16. The highest BCUT2D eigenvalue weighted by Crippen LogP contribution is 2.28. The number of esters is 2. The highest BCUT2D eigenvalue weighted by molar-refractivity contribution is 9.09. The zero-order chi connectivity index (χ0) is 32.5. The van der Waals surface area contributed by atoms with Crippen LogP contribution in [-0.4, -0.2) is 92.5 Å². The zero-order valence-electron chi connectivity index (χ0n) is 24.0. The highest BCUT2D eigenvalue weighted by atomic mass is 79.9. The van der Waals surface area contributed by atoms with Crippen LogP contribution in [0.1, 0.15) is 56.3 Å². The number of piperidine rings is 1.